The average Bonchev–Trinajstić information content (AvgIpc) is 3.32. The number of anilines is 1. The summed E-state index contributed by atoms with van der Waals surface area (Å²) < 4.78 is 36.1. The van der Waals surface area contributed by atoms with Crippen LogP contribution >= 0.6 is 11.3 Å². The quantitative estimate of drug-likeness (QED) is 0.639. The molecule has 8 nitrogen and oxygen atoms in total. The summed E-state index contributed by atoms with van der Waals surface area (Å²) in [6.07, 6.45) is 3.68. The van der Waals surface area contributed by atoms with Gasteiger partial charge in [0.05, 0.1) is 12.2 Å². The number of ether oxygens (including phenoxy) is 1. The Morgan fingerprint density at radius 2 is 2.07 bits per heavy atom. The van der Waals surface area contributed by atoms with Gasteiger partial charge in [-0.2, -0.15) is 0 Å². The van der Waals surface area contributed by atoms with Crippen LogP contribution in [0.3, 0.4) is 0 Å². The van der Waals surface area contributed by atoms with Gasteiger partial charge in [0.25, 0.3) is 15.9 Å². The molecule has 1 aliphatic carbocycles. The van der Waals surface area contributed by atoms with Crippen LogP contribution in [-0.4, -0.2) is 33.9 Å². The number of hydrogen-bond donors (Lipinski definition) is 2. The minimum Gasteiger partial charge on any atom is -0.462 e. The molecule has 0 spiro atoms. The summed E-state index contributed by atoms with van der Waals surface area (Å²) in [4.78, 5) is 26.3. The van der Waals surface area contributed by atoms with E-state index in [1.165, 1.54) is 30.5 Å². The number of carbonyl (C=O) groups excluding carboxylic acids is 2. The Hall–Kier alpha value is -2.17. The molecule has 29 heavy (non-hydrogen) atoms. The van der Waals surface area contributed by atoms with Crippen LogP contribution in [0.25, 0.3) is 0 Å². The maximum atomic E-state index is 12.6. The zero-order valence-electron chi connectivity index (χ0n) is 16.5. The molecule has 0 radical (unpaired) electrons. The highest BCUT2D eigenvalue weighted by molar-refractivity contribution is 7.89. The number of esters is 1. The monoisotopic (exact) mass is 440 g/mol. The van der Waals surface area contributed by atoms with Gasteiger partial charge >= 0.3 is 5.97 Å². The van der Waals surface area contributed by atoms with Crippen LogP contribution in [0.1, 0.15) is 58.0 Å². The van der Waals surface area contributed by atoms with Crippen LogP contribution in [0.4, 0.5) is 5.00 Å². The molecule has 0 bridgehead atoms. The molecule has 0 fully saturated rings. The third kappa shape index (κ3) is 4.39. The first-order valence-corrected chi connectivity index (χ1v) is 11.8. The third-order valence-electron chi connectivity index (χ3n) is 4.99. The van der Waals surface area contributed by atoms with Crippen molar-refractivity contribution in [1.82, 2.24) is 4.72 Å². The maximum Gasteiger partial charge on any atom is 0.341 e. The van der Waals surface area contributed by atoms with E-state index in [-0.39, 0.29) is 17.5 Å². The summed E-state index contributed by atoms with van der Waals surface area (Å²) >= 11 is 1.37. The summed E-state index contributed by atoms with van der Waals surface area (Å²) in [5.74, 6) is -0.697. The number of furan rings is 1. The van der Waals surface area contributed by atoms with Crippen LogP contribution in [0, 0.1) is 5.92 Å². The van der Waals surface area contributed by atoms with Crippen LogP contribution in [0.5, 0.6) is 0 Å². The number of thiophene rings is 1. The van der Waals surface area contributed by atoms with Crippen molar-refractivity contribution in [3.05, 3.63) is 33.9 Å². The predicted molar refractivity (Wildman–Crippen MR) is 109 cm³/mol. The van der Waals surface area contributed by atoms with Crippen molar-refractivity contribution < 1.29 is 27.2 Å². The number of carbonyl (C=O) groups is 2. The lowest BCUT2D eigenvalue weighted by Gasteiger charge is -2.20. The van der Waals surface area contributed by atoms with Gasteiger partial charge in [0.15, 0.2) is 5.76 Å². The van der Waals surface area contributed by atoms with Crippen molar-refractivity contribution >= 4 is 38.2 Å². The lowest BCUT2D eigenvalue weighted by Crippen LogP contribution is -2.18. The van der Waals surface area contributed by atoms with E-state index >= 15 is 0 Å². The van der Waals surface area contributed by atoms with Crippen LogP contribution in [-0.2, 0) is 27.6 Å². The van der Waals surface area contributed by atoms with E-state index in [1.807, 2.05) is 0 Å². The summed E-state index contributed by atoms with van der Waals surface area (Å²) in [6.45, 7) is 4.11. The SMILES string of the molecule is CCOC(=O)c1c(NC(=O)c2ccc(S(=O)(=O)NC)o2)sc2c1CC[C@@H](CC)C2. The minimum absolute atomic E-state index is 0.161. The minimum atomic E-state index is -3.79. The van der Waals surface area contributed by atoms with Crippen molar-refractivity contribution in [2.45, 2.75) is 44.6 Å². The molecule has 1 atom stereocenters. The smallest absolute Gasteiger partial charge is 0.341 e. The summed E-state index contributed by atoms with van der Waals surface area (Å²) in [5.41, 5.74) is 1.33. The molecular formula is C19H24N2O6S2. The molecule has 2 N–H and O–H groups in total. The number of rotatable bonds is 7. The highest BCUT2D eigenvalue weighted by atomic mass is 32.2. The fraction of sp³-hybridized carbons (Fsp3) is 0.474. The lowest BCUT2D eigenvalue weighted by molar-refractivity contribution is 0.0526. The van der Waals surface area contributed by atoms with Gasteiger partial charge in [-0.1, -0.05) is 13.3 Å². The normalized spacial score (nSPS) is 16.3. The van der Waals surface area contributed by atoms with Gasteiger partial charge in [0.1, 0.15) is 5.00 Å². The van der Waals surface area contributed by atoms with E-state index in [0.717, 1.165) is 36.1 Å². The van der Waals surface area contributed by atoms with Crippen molar-refractivity contribution in [2.24, 2.45) is 5.92 Å². The zero-order chi connectivity index (χ0) is 21.2. The van der Waals surface area contributed by atoms with Crippen LogP contribution in [0.15, 0.2) is 21.6 Å². The summed E-state index contributed by atoms with van der Waals surface area (Å²) in [5, 5.41) is 2.76. The van der Waals surface area contributed by atoms with Crippen molar-refractivity contribution in [2.75, 3.05) is 19.0 Å². The Labute approximate surface area is 173 Å². The lowest BCUT2D eigenvalue weighted by atomic mass is 9.85. The van der Waals surface area contributed by atoms with E-state index in [9.17, 15) is 18.0 Å². The highest BCUT2D eigenvalue weighted by Crippen LogP contribution is 2.41. The largest absolute Gasteiger partial charge is 0.462 e. The fourth-order valence-corrected chi connectivity index (χ4v) is 5.35. The van der Waals surface area contributed by atoms with Gasteiger partial charge in [0, 0.05) is 4.88 Å². The standard InChI is InChI=1S/C19H24N2O6S2/c1-4-11-6-7-12-14(10-11)28-18(16(12)19(23)26-5-2)21-17(22)13-8-9-15(27-13)29(24,25)20-3/h8-9,11,20H,4-7,10H2,1-3H3,(H,21,22)/t11-/m1/s1. The first-order valence-electron chi connectivity index (χ1n) is 9.47. The molecule has 0 aliphatic heterocycles. The first kappa shape index (κ1) is 21.5. The van der Waals surface area contributed by atoms with E-state index in [0.29, 0.717) is 16.5 Å². The van der Waals surface area contributed by atoms with Crippen LogP contribution in [0.2, 0.25) is 0 Å². The molecule has 10 heteroatoms. The van der Waals surface area contributed by atoms with E-state index < -0.39 is 21.9 Å². The molecule has 158 valence electrons. The Balaban J connectivity index is 1.91. The van der Waals surface area contributed by atoms with Crippen LogP contribution < -0.4 is 10.0 Å². The van der Waals surface area contributed by atoms with Gasteiger partial charge in [-0.25, -0.2) is 17.9 Å². The molecule has 0 aromatic carbocycles. The molecule has 1 amide bonds. The fourth-order valence-electron chi connectivity index (χ4n) is 3.36. The number of nitrogens with one attached hydrogen (secondary N) is 2. The predicted octanol–water partition coefficient (Wildman–Crippen LogP) is 3.19. The Morgan fingerprint density at radius 3 is 2.72 bits per heavy atom. The number of amides is 1. The first-order chi connectivity index (χ1) is 13.8. The number of fused-ring (bicyclic) bond motifs is 1. The topological polar surface area (TPSA) is 115 Å². The number of hydrogen-bond acceptors (Lipinski definition) is 7. The van der Waals surface area contributed by atoms with Crippen molar-refractivity contribution in [3.8, 4) is 0 Å². The molecule has 3 rings (SSSR count). The van der Waals surface area contributed by atoms with Gasteiger partial charge in [-0.15, -0.1) is 11.3 Å². The summed E-state index contributed by atoms with van der Waals surface area (Å²) in [7, 11) is -2.54. The second kappa shape index (κ2) is 8.68. The van der Waals surface area contributed by atoms with Gasteiger partial charge in [-0.3, -0.25) is 4.79 Å². The average molecular weight is 441 g/mol. The Kier molecular flexibility index (Phi) is 6.45. The van der Waals surface area contributed by atoms with Gasteiger partial charge < -0.3 is 14.5 Å². The Morgan fingerprint density at radius 1 is 1.31 bits per heavy atom. The molecule has 0 unspecified atom stereocenters. The van der Waals surface area contributed by atoms with Crippen molar-refractivity contribution in [3.63, 3.8) is 0 Å². The molecule has 2 aromatic heterocycles. The molecule has 2 heterocycles. The second-order valence-corrected chi connectivity index (χ2v) is 9.65. The molecule has 2 aromatic rings. The van der Waals surface area contributed by atoms with Gasteiger partial charge in [0.2, 0.25) is 5.09 Å². The van der Waals surface area contributed by atoms with E-state index in [4.69, 9.17) is 9.15 Å². The van der Waals surface area contributed by atoms with Crippen molar-refractivity contribution in [1.29, 1.82) is 0 Å². The highest BCUT2D eigenvalue weighted by Gasteiger charge is 2.30. The molecule has 0 saturated carbocycles. The maximum absolute atomic E-state index is 12.6. The molecular weight excluding hydrogens is 416 g/mol. The van der Waals surface area contributed by atoms with E-state index in [2.05, 4.69) is 17.0 Å². The molecule has 0 saturated heterocycles. The van der Waals surface area contributed by atoms with Gasteiger partial charge in [-0.05, 0) is 56.8 Å². The summed E-state index contributed by atoms with van der Waals surface area (Å²) in [6, 6.07) is 2.49. The van der Waals surface area contributed by atoms with E-state index in [1.54, 1.807) is 6.92 Å². The number of sulfonamides is 1. The molecule has 1 aliphatic rings. The second-order valence-electron chi connectivity index (χ2n) is 6.73. The third-order valence-corrected chi connectivity index (χ3v) is 7.45. The Bertz CT molecular complexity index is 1020. The zero-order valence-corrected chi connectivity index (χ0v) is 18.2.